The average molecular weight is 297 g/mol. The first-order valence-corrected chi connectivity index (χ1v) is 7.51. The molecule has 2 aromatic heterocycles. The van der Waals surface area contributed by atoms with Gasteiger partial charge in [0.25, 0.3) is 0 Å². The number of amides is 1. The molecule has 6 nitrogen and oxygen atoms in total. The van der Waals surface area contributed by atoms with Crippen LogP contribution >= 0.6 is 0 Å². The zero-order chi connectivity index (χ0) is 15.2. The van der Waals surface area contributed by atoms with Crippen molar-refractivity contribution in [3.8, 4) is 0 Å². The molecule has 0 unspecified atom stereocenters. The number of hydrogen-bond donors (Lipinski definition) is 1. The Morgan fingerprint density at radius 1 is 1.18 bits per heavy atom. The second-order valence-electron chi connectivity index (χ2n) is 5.36. The smallest absolute Gasteiger partial charge is 0.223 e. The van der Waals surface area contributed by atoms with Crippen molar-refractivity contribution in [1.82, 2.24) is 20.3 Å². The van der Waals surface area contributed by atoms with Gasteiger partial charge in [-0.05, 0) is 25.0 Å². The lowest BCUT2D eigenvalue weighted by molar-refractivity contribution is -0.125. The number of rotatable bonds is 4. The highest BCUT2D eigenvalue weighted by atomic mass is 16.1. The normalized spacial score (nSPS) is 15.5. The van der Waals surface area contributed by atoms with E-state index in [1.807, 2.05) is 18.2 Å². The van der Waals surface area contributed by atoms with E-state index in [4.69, 9.17) is 0 Å². The highest BCUT2D eigenvalue weighted by Crippen LogP contribution is 2.21. The summed E-state index contributed by atoms with van der Waals surface area (Å²) in [5.41, 5.74) is 0.882. The first kappa shape index (κ1) is 14.4. The molecule has 0 radical (unpaired) electrons. The van der Waals surface area contributed by atoms with E-state index in [0.717, 1.165) is 37.4 Å². The molecule has 1 aliphatic rings. The Bertz CT molecular complexity index is 596. The maximum absolute atomic E-state index is 12.2. The third kappa shape index (κ3) is 3.58. The van der Waals surface area contributed by atoms with Gasteiger partial charge in [-0.3, -0.25) is 14.8 Å². The second kappa shape index (κ2) is 6.98. The topological polar surface area (TPSA) is 71.0 Å². The molecule has 3 heterocycles. The van der Waals surface area contributed by atoms with Crippen molar-refractivity contribution < 1.29 is 4.79 Å². The van der Waals surface area contributed by atoms with Crippen molar-refractivity contribution in [1.29, 1.82) is 0 Å². The molecule has 0 aliphatic carbocycles. The molecule has 114 valence electrons. The molecule has 22 heavy (non-hydrogen) atoms. The number of nitrogens with zero attached hydrogens (tertiary/aromatic N) is 4. The Morgan fingerprint density at radius 2 is 2.05 bits per heavy atom. The summed E-state index contributed by atoms with van der Waals surface area (Å²) in [7, 11) is 0. The maximum atomic E-state index is 12.2. The summed E-state index contributed by atoms with van der Waals surface area (Å²) in [5, 5.41) is 2.98. The highest BCUT2D eigenvalue weighted by Gasteiger charge is 2.25. The summed E-state index contributed by atoms with van der Waals surface area (Å²) in [4.78, 5) is 27.0. The Kier molecular flexibility index (Phi) is 4.58. The molecule has 0 bridgehead atoms. The molecule has 1 fully saturated rings. The van der Waals surface area contributed by atoms with E-state index >= 15 is 0 Å². The van der Waals surface area contributed by atoms with E-state index < -0.39 is 0 Å². The summed E-state index contributed by atoms with van der Waals surface area (Å²) in [6, 6.07) is 5.71. The minimum Gasteiger partial charge on any atom is -0.355 e. The fraction of sp³-hybridized carbons (Fsp3) is 0.375. The van der Waals surface area contributed by atoms with Gasteiger partial charge in [0, 0.05) is 37.6 Å². The molecule has 1 amide bonds. The molecule has 2 aromatic rings. The molecule has 1 N–H and O–H groups in total. The lowest BCUT2D eigenvalue weighted by atomic mass is 9.96. The van der Waals surface area contributed by atoms with Crippen LogP contribution in [0.25, 0.3) is 0 Å². The van der Waals surface area contributed by atoms with Crippen molar-refractivity contribution in [2.75, 3.05) is 18.0 Å². The predicted octanol–water partition coefficient (Wildman–Crippen LogP) is 1.40. The van der Waals surface area contributed by atoms with Gasteiger partial charge in [-0.1, -0.05) is 6.07 Å². The van der Waals surface area contributed by atoms with Crippen molar-refractivity contribution in [3.05, 3.63) is 48.7 Å². The van der Waals surface area contributed by atoms with E-state index in [1.165, 1.54) is 0 Å². The number of pyridine rings is 1. The summed E-state index contributed by atoms with van der Waals surface area (Å²) in [5.74, 6) is 1.07. The van der Waals surface area contributed by atoms with Crippen molar-refractivity contribution in [2.45, 2.75) is 19.4 Å². The Labute approximate surface area is 129 Å². The molecule has 0 saturated carbocycles. The van der Waals surface area contributed by atoms with Crippen LogP contribution in [0.2, 0.25) is 0 Å². The van der Waals surface area contributed by atoms with Crippen LogP contribution in [0.5, 0.6) is 0 Å². The fourth-order valence-electron chi connectivity index (χ4n) is 2.65. The minimum absolute atomic E-state index is 0.0663. The van der Waals surface area contributed by atoms with Gasteiger partial charge in [0.2, 0.25) is 5.91 Å². The lowest BCUT2D eigenvalue weighted by Crippen LogP contribution is -2.40. The Balaban J connectivity index is 1.48. The molecular weight excluding hydrogens is 278 g/mol. The van der Waals surface area contributed by atoms with Crippen LogP contribution in [-0.4, -0.2) is 33.9 Å². The van der Waals surface area contributed by atoms with E-state index in [1.54, 1.807) is 24.8 Å². The molecule has 0 atom stereocenters. The highest BCUT2D eigenvalue weighted by molar-refractivity contribution is 5.78. The number of hydrogen-bond acceptors (Lipinski definition) is 5. The number of nitrogens with one attached hydrogen (secondary N) is 1. The van der Waals surface area contributed by atoms with Gasteiger partial charge >= 0.3 is 0 Å². The summed E-state index contributed by atoms with van der Waals surface area (Å²) < 4.78 is 0. The zero-order valence-corrected chi connectivity index (χ0v) is 12.4. The first-order chi connectivity index (χ1) is 10.8. The number of piperidine rings is 1. The van der Waals surface area contributed by atoms with Crippen LogP contribution in [0.1, 0.15) is 18.5 Å². The van der Waals surface area contributed by atoms with Crippen LogP contribution < -0.4 is 10.2 Å². The molecule has 0 aromatic carbocycles. The van der Waals surface area contributed by atoms with Crippen LogP contribution in [0.15, 0.2) is 43.0 Å². The van der Waals surface area contributed by atoms with Crippen molar-refractivity contribution >= 4 is 11.7 Å². The SMILES string of the molecule is O=C(NCc1ccccn1)C1CCN(c2cnccn2)CC1. The van der Waals surface area contributed by atoms with Gasteiger partial charge in [0.15, 0.2) is 0 Å². The van der Waals surface area contributed by atoms with Gasteiger partial charge in [0.05, 0.1) is 18.4 Å². The van der Waals surface area contributed by atoms with Gasteiger partial charge < -0.3 is 10.2 Å². The largest absolute Gasteiger partial charge is 0.355 e. The van der Waals surface area contributed by atoms with E-state index in [9.17, 15) is 4.79 Å². The van der Waals surface area contributed by atoms with Crippen LogP contribution in [-0.2, 0) is 11.3 Å². The van der Waals surface area contributed by atoms with Gasteiger partial charge in [0.1, 0.15) is 5.82 Å². The van der Waals surface area contributed by atoms with E-state index in [-0.39, 0.29) is 11.8 Å². The third-order valence-corrected chi connectivity index (χ3v) is 3.91. The minimum atomic E-state index is 0.0663. The monoisotopic (exact) mass is 297 g/mol. The maximum Gasteiger partial charge on any atom is 0.223 e. The number of anilines is 1. The molecule has 1 saturated heterocycles. The van der Waals surface area contributed by atoms with Crippen molar-refractivity contribution in [3.63, 3.8) is 0 Å². The molecule has 0 spiro atoms. The van der Waals surface area contributed by atoms with Crippen LogP contribution in [0.4, 0.5) is 5.82 Å². The zero-order valence-electron chi connectivity index (χ0n) is 12.4. The summed E-state index contributed by atoms with van der Waals surface area (Å²) in [6.45, 7) is 2.16. The van der Waals surface area contributed by atoms with Gasteiger partial charge in [-0.2, -0.15) is 0 Å². The van der Waals surface area contributed by atoms with Crippen LogP contribution in [0, 0.1) is 5.92 Å². The second-order valence-corrected chi connectivity index (χ2v) is 5.36. The first-order valence-electron chi connectivity index (χ1n) is 7.51. The standard InChI is InChI=1S/C16H19N5O/c22-16(20-11-14-3-1-2-6-18-14)13-4-9-21(10-5-13)15-12-17-7-8-19-15/h1-3,6-8,12-13H,4-5,9-11H2,(H,20,22). The average Bonchev–Trinajstić information content (AvgIpc) is 2.61. The summed E-state index contributed by atoms with van der Waals surface area (Å²) in [6.07, 6.45) is 8.54. The number of carbonyl (C=O) groups is 1. The Hall–Kier alpha value is -2.50. The molecule has 3 rings (SSSR count). The van der Waals surface area contributed by atoms with Crippen LogP contribution in [0.3, 0.4) is 0 Å². The van der Waals surface area contributed by atoms with E-state index in [2.05, 4.69) is 25.2 Å². The third-order valence-electron chi connectivity index (χ3n) is 3.91. The predicted molar refractivity (Wildman–Crippen MR) is 83.1 cm³/mol. The lowest BCUT2D eigenvalue weighted by Gasteiger charge is -2.31. The molecule has 6 heteroatoms. The van der Waals surface area contributed by atoms with E-state index in [0.29, 0.717) is 6.54 Å². The van der Waals surface area contributed by atoms with Gasteiger partial charge in [-0.15, -0.1) is 0 Å². The van der Waals surface area contributed by atoms with Gasteiger partial charge in [-0.25, -0.2) is 4.98 Å². The quantitative estimate of drug-likeness (QED) is 0.924. The summed E-state index contributed by atoms with van der Waals surface area (Å²) >= 11 is 0. The fourth-order valence-corrected chi connectivity index (χ4v) is 2.65. The Morgan fingerprint density at radius 3 is 2.73 bits per heavy atom. The van der Waals surface area contributed by atoms with Crippen molar-refractivity contribution in [2.24, 2.45) is 5.92 Å². The molecular formula is C16H19N5O. The number of aromatic nitrogens is 3. The number of carbonyl (C=O) groups excluding carboxylic acids is 1. The molecule has 1 aliphatic heterocycles.